The minimum Gasteiger partial charge on any atom is -0.383 e. The SMILES string of the molecule is COCC(C)NC(=O)c1nn(-c2ccc(Cl)cc2)c(C)cc1=O. The van der Waals surface area contributed by atoms with Gasteiger partial charge in [-0.25, -0.2) is 4.68 Å². The maximum Gasteiger partial charge on any atom is 0.276 e. The van der Waals surface area contributed by atoms with Crippen LogP contribution in [0.4, 0.5) is 0 Å². The topological polar surface area (TPSA) is 73.2 Å². The van der Waals surface area contributed by atoms with E-state index in [0.717, 1.165) is 0 Å². The van der Waals surface area contributed by atoms with Gasteiger partial charge in [0.2, 0.25) is 5.43 Å². The van der Waals surface area contributed by atoms with Gasteiger partial charge in [-0.3, -0.25) is 9.59 Å². The molecule has 0 spiro atoms. The van der Waals surface area contributed by atoms with Crippen LogP contribution in [0.15, 0.2) is 35.1 Å². The van der Waals surface area contributed by atoms with Gasteiger partial charge in [0.1, 0.15) is 0 Å². The van der Waals surface area contributed by atoms with Crippen LogP contribution in [0, 0.1) is 6.92 Å². The molecule has 1 N–H and O–H groups in total. The van der Waals surface area contributed by atoms with E-state index in [1.165, 1.54) is 10.7 Å². The Labute approximate surface area is 139 Å². The summed E-state index contributed by atoms with van der Waals surface area (Å²) < 4.78 is 6.50. The third-order valence-corrected chi connectivity index (χ3v) is 3.44. The monoisotopic (exact) mass is 335 g/mol. The summed E-state index contributed by atoms with van der Waals surface area (Å²) in [4.78, 5) is 24.3. The first-order valence-corrected chi connectivity index (χ1v) is 7.47. The molecule has 1 aromatic carbocycles. The summed E-state index contributed by atoms with van der Waals surface area (Å²) in [6, 6.07) is 8.13. The van der Waals surface area contributed by atoms with Crippen molar-refractivity contribution in [2.24, 2.45) is 0 Å². The molecule has 23 heavy (non-hydrogen) atoms. The molecular weight excluding hydrogens is 318 g/mol. The van der Waals surface area contributed by atoms with Crippen LogP contribution in [-0.2, 0) is 4.74 Å². The van der Waals surface area contributed by atoms with Crippen molar-refractivity contribution in [3.05, 3.63) is 57.0 Å². The summed E-state index contributed by atoms with van der Waals surface area (Å²) in [6.45, 7) is 3.88. The molecule has 0 bridgehead atoms. The number of ether oxygens (including phenoxy) is 1. The maximum atomic E-state index is 12.2. The second-order valence-electron chi connectivity index (χ2n) is 5.22. The van der Waals surface area contributed by atoms with Crippen LogP contribution in [0.1, 0.15) is 23.1 Å². The van der Waals surface area contributed by atoms with Gasteiger partial charge in [0.15, 0.2) is 5.69 Å². The molecule has 6 nitrogen and oxygen atoms in total. The molecule has 1 unspecified atom stereocenters. The molecule has 0 aliphatic carbocycles. The standard InChI is InChI=1S/C16H18ClN3O3/c1-10(9-23-3)18-16(22)15-14(21)8-11(2)20(19-15)13-6-4-12(17)5-7-13/h4-8,10H,9H2,1-3H3,(H,18,22). The zero-order valence-corrected chi connectivity index (χ0v) is 13.9. The normalized spacial score (nSPS) is 12.0. The third kappa shape index (κ3) is 4.18. The molecule has 7 heteroatoms. The lowest BCUT2D eigenvalue weighted by molar-refractivity contribution is 0.0897. The summed E-state index contributed by atoms with van der Waals surface area (Å²) in [5, 5.41) is 7.47. The van der Waals surface area contributed by atoms with Crippen LogP contribution in [-0.4, -0.2) is 35.4 Å². The highest BCUT2D eigenvalue weighted by molar-refractivity contribution is 6.30. The van der Waals surface area contributed by atoms with Gasteiger partial charge in [-0.1, -0.05) is 11.6 Å². The molecule has 122 valence electrons. The van der Waals surface area contributed by atoms with E-state index in [9.17, 15) is 9.59 Å². The first kappa shape index (κ1) is 17.2. The molecule has 1 aromatic heterocycles. The molecule has 1 amide bonds. The average Bonchev–Trinajstić information content (AvgIpc) is 2.48. The molecule has 2 aromatic rings. The predicted octanol–water partition coefficient (Wildman–Crippen LogP) is 1.96. The molecule has 0 radical (unpaired) electrons. The number of methoxy groups -OCH3 is 1. The number of benzene rings is 1. The number of nitrogens with one attached hydrogen (secondary N) is 1. The van der Waals surface area contributed by atoms with Crippen molar-refractivity contribution < 1.29 is 9.53 Å². The Kier molecular flexibility index (Phi) is 5.52. The van der Waals surface area contributed by atoms with Crippen LogP contribution >= 0.6 is 11.6 Å². The van der Waals surface area contributed by atoms with E-state index in [-0.39, 0.29) is 11.7 Å². The van der Waals surface area contributed by atoms with Gasteiger partial charge in [0.25, 0.3) is 5.91 Å². The largest absolute Gasteiger partial charge is 0.383 e. The van der Waals surface area contributed by atoms with Gasteiger partial charge in [-0.2, -0.15) is 5.10 Å². The Balaban J connectivity index is 2.38. The Morgan fingerprint density at radius 1 is 1.39 bits per heavy atom. The van der Waals surface area contributed by atoms with Crippen molar-refractivity contribution in [3.63, 3.8) is 0 Å². The Morgan fingerprint density at radius 2 is 2.04 bits per heavy atom. The van der Waals surface area contributed by atoms with Gasteiger partial charge in [-0.15, -0.1) is 0 Å². The molecule has 0 aliphatic rings. The first-order chi connectivity index (χ1) is 10.9. The molecular formula is C16H18ClN3O3. The summed E-state index contributed by atoms with van der Waals surface area (Å²) in [7, 11) is 1.54. The van der Waals surface area contributed by atoms with Gasteiger partial charge in [0, 0.05) is 29.9 Å². The minimum atomic E-state index is -0.526. The van der Waals surface area contributed by atoms with Crippen molar-refractivity contribution in [1.29, 1.82) is 0 Å². The van der Waals surface area contributed by atoms with Crippen LogP contribution in [0.25, 0.3) is 5.69 Å². The smallest absolute Gasteiger partial charge is 0.276 e. The summed E-state index contributed by atoms with van der Waals surface area (Å²) in [5.74, 6) is -0.526. The third-order valence-electron chi connectivity index (χ3n) is 3.19. The Hall–Kier alpha value is -2.18. The van der Waals surface area contributed by atoms with Gasteiger partial charge < -0.3 is 10.1 Å². The van der Waals surface area contributed by atoms with E-state index in [1.54, 1.807) is 45.2 Å². The van der Waals surface area contributed by atoms with E-state index in [1.807, 2.05) is 0 Å². The van der Waals surface area contributed by atoms with E-state index in [4.69, 9.17) is 16.3 Å². The van der Waals surface area contributed by atoms with Crippen LogP contribution < -0.4 is 10.7 Å². The lowest BCUT2D eigenvalue weighted by Gasteiger charge is -2.14. The van der Waals surface area contributed by atoms with E-state index in [0.29, 0.717) is 23.0 Å². The fourth-order valence-corrected chi connectivity index (χ4v) is 2.26. The number of hydrogen-bond donors (Lipinski definition) is 1. The quantitative estimate of drug-likeness (QED) is 0.906. The number of rotatable bonds is 5. The Bertz CT molecular complexity index is 756. The second-order valence-corrected chi connectivity index (χ2v) is 5.65. The van der Waals surface area contributed by atoms with Gasteiger partial charge in [0.05, 0.1) is 12.3 Å². The van der Waals surface area contributed by atoms with Gasteiger partial charge >= 0.3 is 0 Å². The molecule has 1 atom stereocenters. The number of halogens is 1. The zero-order chi connectivity index (χ0) is 17.0. The molecule has 1 heterocycles. The van der Waals surface area contributed by atoms with Crippen molar-refractivity contribution in [1.82, 2.24) is 15.1 Å². The minimum absolute atomic E-state index is 0.159. The maximum absolute atomic E-state index is 12.2. The summed E-state index contributed by atoms with van der Waals surface area (Å²) in [5.41, 5.74) is 0.757. The lowest BCUT2D eigenvalue weighted by atomic mass is 10.2. The van der Waals surface area contributed by atoms with E-state index >= 15 is 0 Å². The highest BCUT2D eigenvalue weighted by Gasteiger charge is 2.17. The molecule has 0 saturated heterocycles. The van der Waals surface area contributed by atoms with Crippen molar-refractivity contribution in [3.8, 4) is 5.69 Å². The average molecular weight is 336 g/mol. The zero-order valence-electron chi connectivity index (χ0n) is 13.2. The molecule has 2 rings (SSSR count). The predicted molar refractivity (Wildman–Crippen MR) is 88.4 cm³/mol. The Morgan fingerprint density at radius 3 is 2.65 bits per heavy atom. The van der Waals surface area contributed by atoms with Crippen LogP contribution in [0.2, 0.25) is 5.02 Å². The van der Waals surface area contributed by atoms with Crippen molar-refractivity contribution in [2.75, 3.05) is 13.7 Å². The fourth-order valence-electron chi connectivity index (χ4n) is 2.13. The molecule has 0 fully saturated rings. The van der Waals surface area contributed by atoms with Crippen molar-refractivity contribution in [2.45, 2.75) is 19.9 Å². The molecule has 0 aliphatic heterocycles. The number of hydrogen-bond acceptors (Lipinski definition) is 4. The number of amides is 1. The number of nitrogens with zero attached hydrogens (tertiary/aromatic N) is 2. The highest BCUT2D eigenvalue weighted by atomic mass is 35.5. The number of aryl methyl sites for hydroxylation is 1. The summed E-state index contributed by atoms with van der Waals surface area (Å²) >= 11 is 5.88. The molecule has 0 saturated carbocycles. The highest BCUT2D eigenvalue weighted by Crippen LogP contribution is 2.13. The van der Waals surface area contributed by atoms with Crippen molar-refractivity contribution >= 4 is 17.5 Å². The van der Waals surface area contributed by atoms with Crippen LogP contribution in [0.3, 0.4) is 0 Å². The fraction of sp³-hybridized carbons (Fsp3) is 0.312. The number of aromatic nitrogens is 2. The lowest BCUT2D eigenvalue weighted by Crippen LogP contribution is -2.39. The van der Waals surface area contributed by atoms with Gasteiger partial charge in [-0.05, 0) is 38.1 Å². The first-order valence-electron chi connectivity index (χ1n) is 7.09. The van der Waals surface area contributed by atoms with E-state index in [2.05, 4.69) is 10.4 Å². The van der Waals surface area contributed by atoms with Crippen LogP contribution in [0.5, 0.6) is 0 Å². The van der Waals surface area contributed by atoms with E-state index < -0.39 is 11.3 Å². The number of carbonyl (C=O) groups excluding carboxylic acids is 1. The summed E-state index contributed by atoms with van der Waals surface area (Å²) in [6.07, 6.45) is 0. The second kappa shape index (κ2) is 7.39. The number of carbonyl (C=O) groups is 1.